The van der Waals surface area contributed by atoms with Gasteiger partial charge in [-0.2, -0.15) is 0 Å². The molecule has 1 aromatic carbocycles. The van der Waals surface area contributed by atoms with E-state index in [1.54, 1.807) is 54.7 Å². The lowest BCUT2D eigenvalue weighted by Crippen LogP contribution is -2.28. The summed E-state index contributed by atoms with van der Waals surface area (Å²) < 4.78 is 10.8. The quantitative estimate of drug-likeness (QED) is 0.500. The van der Waals surface area contributed by atoms with Gasteiger partial charge in [0.1, 0.15) is 6.29 Å². The van der Waals surface area contributed by atoms with Crippen molar-refractivity contribution in [3.05, 3.63) is 23.8 Å². The van der Waals surface area contributed by atoms with Gasteiger partial charge in [-0.3, -0.25) is 9.59 Å². The van der Waals surface area contributed by atoms with Crippen LogP contribution in [0.1, 0.15) is 53.1 Å². The van der Waals surface area contributed by atoms with Crippen molar-refractivity contribution in [3.8, 4) is 11.5 Å². The van der Waals surface area contributed by atoms with Crippen molar-refractivity contribution >= 4 is 18.2 Å². The lowest BCUT2D eigenvalue weighted by molar-refractivity contribution is -0.145. The van der Waals surface area contributed by atoms with E-state index in [0.29, 0.717) is 5.56 Å². The number of nitrogens with one attached hydrogen (secondary N) is 1. The molecule has 0 saturated heterocycles. The Hall–Kier alpha value is -2.21. The van der Waals surface area contributed by atoms with Crippen LogP contribution in [-0.2, 0) is 14.4 Å². The predicted molar refractivity (Wildman–Crippen MR) is 94.5 cm³/mol. The molecule has 1 rings (SSSR count). The van der Waals surface area contributed by atoms with E-state index in [4.69, 9.17) is 9.47 Å². The Morgan fingerprint density at radius 3 is 1.84 bits per heavy atom. The molecule has 0 aliphatic carbocycles. The van der Waals surface area contributed by atoms with Gasteiger partial charge in [0, 0.05) is 0 Å². The normalized spacial score (nSPS) is 13.1. The van der Waals surface area contributed by atoms with Gasteiger partial charge < -0.3 is 19.6 Å². The summed E-state index contributed by atoms with van der Waals surface area (Å²) in [7, 11) is 1.65. The van der Waals surface area contributed by atoms with Crippen LogP contribution < -0.4 is 14.8 Å². The van der Waals surface area contributed by atoms with Gasteiger partial charge in [0.05, 0.1) is 16.9 Å². The third kappa shape index (κ3) is 5.67. The van der Waals surface area contributed by atoms with E-state index in [9.17, 15) is 14.4 Å². The standard InChI is InChI=1S/C19H27NO5/c1-18(2,3)16(22)24-14-9-8-12(13(11-21)20-7)10-15(14)25-17(23)19(4,5)6/h8-11,13,20H,1-7H3. The van der Waals surface area contributed by atoms with Crippen molar-refractivity contribution in [1.82, 2.24) is 5.32 Å². The first-order valence-electron chi connectivity index (χ1n) is 8.11. The summed E-state index contributed by atoms with van der Waals surface area (Å²) in [5.74, 6) is -0.669. The van der Waals surface area contributed by atoms with E-state index in [2.05, 4.69) is 5.32 Å². The molecule has 0 amide bonds. The Kier molecular flexibility index (Phi) is 6.48. The van der Waals surface area contributed by atoms with Crippen molar-refractivity contribution in [1.29, 1.82) is 0 Å². The number of aldehydes is 1. The fourth-order valence-electron chi connectivity index (χ4n) is 1.70. The monoisotopic (exact) mass is 349 g/mol. The fourth-order valence-corrected chi connectivity index (χ4v) is 1.70. The minimum Gasteiger partial charge on any atom is -0.422 e. The minimum atomic E-state index is -0.728. The SMILES string of the molecule is CNC(C=O)c1ccc(OC(=O)C(C)(C)C)c(OC(=O)C(C)(C)C)c1. The molecular weight excluding hydrogens is 322 g/mol. The molecule has 0 aromatic heterocycles. The lowest BCUT2D eigenvalue weighted by Gasteiger charge is -2.21. The molecular formula is C19H27NO5. The zero-order valence-corrected chi connectivity index (χ0v) is 15.9. The smallest absolute Gasteiger partial charge is 0.316 e. The summed E-state index contributed by atoms with van der Waals surface area (Å²) in [6.45, 7) is 10.4. The lowest BCUT2D eigenvalue weighted by atomic mass is 9.97. The predicted octanol–water partition coefficient (Wildman–Crippen LogP) is 3.05. The molecule has 0 spiro atoms. The van der Waals surface area contributed by atoms with E-state index in [1.165, 1.54) is 12.1 Å². The van der Waals surface area contributed by atoms with Crippen molar-refractivity contribution in [2.24, 2.45) is 10.8 Å². The van der Waals surface area contributed by atoms with Crippen molar-refractivity contribution in [2.75, 3.05) is 7.05 Å². The number of rotatable bonds is 5. The molecule has 0 aliphatic heterocycles. The first-order chi connectivity index (χ1) is 11.4. The second-order valence-electron chi connectivity index (χ2n) is 7.89. The van der Waals surface area contributed by atoms with Gasteiger partial charge in [0.2, 0.25) is 0 Å². The van der Waals surface area contributed by atoms with Crippen LogP contribution in [0.15, 0.2) is 18.2 Å². The number of benzene rings is 1. The molecule has 1 N–H and O–H groups in total. The highest BCUT2D eigenvalue weighted by atomic mass is 16.6. The van der Waals surface area contributed by atoms with Gasteiger partial charge in [0.25, 0.3) is 0 Å². The fraction of sp³-hybridized carbons (Fsp3) is 0.526. The number of esters is 2. The third-order valence-corrected chi connectivity index (χ3v) is 3.40. The molecule has 6 heteroatoms. The van der Waals surface area contributed by atoms with Gasteiger partial charge in [0.15, 0.2) is 11.5 Å². The second kappa shape index (κ2) is 7.78. The highest BCUT2D eigenvalue weighted by molar-refractivity contribution is 5.81. The number of ether oxygens (including phenoxy) is 2. The number of carbonyl (C=O) groups excluding carboxylic acids is 3. The molecule has 138 valence electrons. The average Bonchev–Trinajstić information content (AvgIpc) is 2.48. The Balaban J connectivity index is 3.28. The topological polar surface area (TPSA) is 81.7 Å². The van der Waals surface area contributed by atoms with Crippen molar-refractivity contribution in [2.45, 2.75) is 47.6 Å². The molecule has 0 heterocycles. The molecule has 1 atom stereocenters. The number of likely N-dealkylation sites (N-methyl/N-ethyl adjacent to an activating group) is 1. The largest absolute Gasteiger partial charge is 0.422 e. The van der Waals surface area contributed by atoms with Crippen molar-refractivity contribution in [3.63, 3.8) is 0 Å². The molecule has 0 fully saturated rings. The summed E-state index contributed by atoms with van der Waals surface area (Å²) in [5, 5.41) is 2.85. The van der Waals surface area contributed by atoms with E-state index in [-0.39, 0.29) is 11.5 Å². The van der Waals surface area contributed by atoms with Crippen LogP contribution in [0.5, 0.6) is 11.5 Å². The summed E-state index contributed by atoms with van der Waals surface area (Å²) in [4.78, 5) is 35.6. The molecule has 1 aromatic rings. The Morgan fingerprint density at radius 1 is 0.960 bits per heavy atom. The first kappa shape index (κ1) is 20.8. The van der Waals surface area contributed by atoms with Crippen LogP contribution in [-0.4, -0.2) is 25.3 Å². The maximum Gasteiger partial charge on any atom is 0.316 e. The Morgan fingerprint density at radius 2 is 1.44 bits per heavy atom. The van der Waals surface area contributed by atoms with Crippen LogP contribution in [0.4, 0.5) is 0 Å². The number of hydrogen-bond acceptors (Lipinski definition) is 6. The molecule has 1 unspecified atom stereocenters. The molecule has 0 bridgehead atoms. The molecule has 0 aliphatic rings. The van der Waals surface area contributed by atoms with E-state index < -0.39 is 28.8 Å². The van der Waals surface area contributed by atoms with Crippen LogP contribution in [0.25, 0.3) is 0 Å². The molecule has 25 heavy (non-hydrogen) atoms. The van der Waals surface area contributed by atoms with E-state index in [1.807, 2.05) is 0 Å². The maximum atomic E-state index is 12.2. The van der Waals surface area contributed by atoms with Crippen LogP contribution in [0, 0.1) is 10.8 Å². The van der Waals surface area contributed by atoms with Gasteiger partial charge in [-0.1, -0.05) is 6.07 Å². The van der Waals surface area contributed by atoms with Gasteiger partial charge >= 0.3 is 11.9 Å². The summed E-state index contributed by atoms with van der Waals surface area (Å²) in [5.41, 5.74) is -0.834. The number of carbonyl (C=O) groups is 3. The Labute approximate surface area is 148 Å². The zero-order valence-electron chi connectivity index (χ0n) is 15.9. The van der Waals surface area contributed by atoms with Crippen molar-refractivity contribution < 1.29 is 23.9 Å². The van der Waals surface area contributed by atoms with Gasteiger partial charge in [-0.15, -0.1) is 0 Å². The highest BCUT2D eigenvalue weighted by Crippen LogP contribution is 2.33. The van der Waals surface area contributed by atoms with Crippen LogP contribution in [0.3, 0.4) is 0 Å². The summed E-state index contributed by atoms with van der Waals surface area (Å²) in [6.07, 6.45) is 0.742. The van der Waals surface area contributed by atoms with E-state index >= 15 is 0 Å². The maximum absolute atomic E-state index is 12.2. The summed E-state index contributed by atoms with van der Waals surface area (Å²) >= 11 is 0. The highest BCUT2D eigenvalue weighted by Gasteiger charge is 2.28. The first-order valence-corrected chi connectivity index (χ1v) is 8.11. The molecule has 0 saturated carbocycles. The second-order valence-corrected chi connectivity index (χ2v) is 7.89. The van der Waals surface area contributed by atoms with Gasteiger partial charge in [-0.05, 0) is 66.3 Å². The van der Waals surface area contributed by atoms with Crippen LogP contribution in [0.2, 0.25) is 0 Å². The minimum absolute atomic E-state index is 0.108. The molecule has 6 nitrogen and oxygen atoms in total. The Bertz CT molecular complexity index is 653. The average molecular weight is 349 g/mol. The van der Waals surface area contributed by atoms with E-state index in [0.717, 1.165) is 6.29 Å². The summed E-state index contributed by atoms with van der Waals surface area (Å²) in [6, 6.07) is 4.15. The third-order valence-electron chi connectivity index (χ3n) is 3.40. The zero-order chi connectivity index (χ0) is 19.4. The van der Waals surface area contributed by atoms with Gasteiger partial charge in [-0.25, -0.2) is 0 Å². The number of hydrogen-bond donors (Lipinski definition) is 1. The van der Waals surface area contributed by atoms with Crippen LogP contribution >= 0.6 is 0 Å². The molecule has 0 radical (unpaired) electrons.